The predicted octanol–water partition coefficient (Wildman–Crippen LogP) is 3.88. The zero-order chi connectivity index (χ0) is 19.1. The summed E-state index contributed by atoms with van der Waals surface area (Å²) in [6.07, 6.45) is 8.24. The van der Waals surface area contributed by atoms with Crippen molar-refractivity contribution in [2.45, 2.75) is 44.9 Å². The van der Waals surface area contributed by atoms with E-state index in [1.807, 2.05) is 6.07 Å². The highest BCUT2D eigenvalue weighted by Gasteiger charge is 2.46. The third-order valence-electron chi connectivity index (χ3n) is 6.66. The Morgan fingerprint density at radius 3 is 2.75 bits per heavy atom. The smallest absolute Gasteiger partial charge is 0.304 e. The second kappa shape index (κ2) is 7.07. The summed E-state index contributed by atoms with van der Waals surface area (Å²) in [7, 11) is 1.59. The topological polar surface area (TPSA) is 56.6 Å². The number of rotatable bonds is 7. The second-order valence-electron chi connectivity index (χ2n) is 8.75. The highest BCUT2D eigenvalue weighted by atomic mass is 16.5. The Morgan fingerprint density at radius 1 is 1.29 bits per heavy atom. The zero-order valence-electron chi connectivity index (χ0n) is 16.7. The first-order valence-corrected chi connectivity index (χ1v) is 10.6. The molecule has 0 amide bonds. The number of nitrogens with zero attached hydrogens (tertiary/aromatic N) is 3. The molecule has 2 aromatic rings. The van der Waals surface area contributed by atoms with Crippen LogP contribution < -0.4 is 9.64 Å². The monoisotopic (exact) mass is 383 g/mol. The molecule has 5 rings (SSSR count). The molecule has 0 N–H and O–H groups in total. The van der Waals surface area contributed by atoms with E-state index in [1.165, 1.54) is 32.1 Å². The molecule has 1 saturated heterocycles. The Kier molecular flexibility index (Phi) is 4.54. The molecule has 1 aromatic heterocycles. The van der Waals surface area contributed by atoms with Crippen LogP contribution in [0.3, 0.4) is 0 Å². The molecule has 2 saturated carbocycles. The lowest BCUT2D eigenvalue weighted by Crippen LogP contribution is -2.36. The first-order valence-electron chi connectivity index (χ1n) is 10.6. The normalized spacial score (nSPS) is 21.1. The molecule has 0 atom stereocenters. The molecule has 0 unspecified atom stereocenters. The molecule has 1 aromatic carbocycles. The number of aromatic nitrogens is 2. The van der Waals surface area contributed by atoms with Crippen LogP contribution in [0.25, 0.3) is 11.0 Å². The van der Waals surface area contributed by atoms with Gasteiger partial charge in [-0.3, -0.25) is 4.79 Å². The van der Waals surface area contributed by atoms with Crippen molar-refractivity contribution >= 4 is 22.6 Å². The predicted molar refractivity (Wildman–Crippen MR) is 108 cm³/mol. The third kappa shape index (κ3) is 3.50. The molecule has 1 aliphatic heterocycles. The van der Waals surface area contributed by atoms with Gasteiger partial charge in [0.2, 0.25) is 5.91 Å². The van der Waals surface area contributed by atoms with Crippen LogP contribution in [0.2, 0.25) is 0 Å². The van der Waals surface area contributed by atoms with Gasteiger partial charge in [0.15, 0.2) is 0 Å². The van der Waals surface area contributed by atoms with E-state index in [0.29, 0.717) is 17.8 Å². The van der Waals surface area contributed by atoms with Crippen LogP contribution >= 0.6 is 0 Å². The fraction of sp³-hybridized carbons (Fsp3) is 0.636. The zero-order valence-corrected chi connectivity index (χ0v) is 16.7. The number of hydrogen-bond donors (Lipinski definition) is 0. The van der Waals surface area contributed by atoms with E-state index >= 15 is 0 Å². The van der Waals surface area contributed by atoms with Crippen LogP contribution in [0.1, 0.15) is 49.7 Å². The van der Waals surface area contributed by atoms with Gasteiger partial charge >= 0.3 is 6.01 Å². The van der Waals surface area contributed by atoms with Gasteiger partial charge in [0.05, 0.1) is 31.4 Å². The number of anilines is 1. The van der Waals surface area contributed by atoms with Gasteiger partial charge in [0.25, 0.3) is 0 Å². The molecule has 6 nitrogen and oxygen atoms in total. The molecule has 2 heterocycles. The van der Waals surface area contributed by atoms with Crippen LogP contribution in [0, 0.1) is 11.3 Å². The standard InChI is InChI=1S/C22H29N3O3/c1-27-21-23-18-5-4-17(24-10-12-28-13-11-24)14-19(18)25(21)20(26)6-7-22(8-9-22)15-16-2-3-16/h4-5,14,16H,2-3,6-13,15H2,1H3. The molecular formula is C22H29N3O3. The summed E-state index contributed by atoms with van der Waals surface area (Å²) >= 11 is 0. The Balaban J connectivity index is 1.39. The maximum absolute atomic E-state index is 13.2. The molecule has 2 aliphatic carbocycles. The average molecular weight is 383 g/mol. The van der Waals surface area contributed by atoms with Crippen molar-refractivity contribution in [3.8, 4) is 6.01 Å². The number of ether oxygens (including phenoxy) is 2. The van der Waals surface area contributed by atoms with E-state index in [4.69, 9.17) is 9.47 Å². The number of methoxy groups -OCH3 is 1. The van der Waals surface area contributed by atoms with E-state index in [1.54, 1.807) is 11.7 Å². The molecule has 3 aliphatic rings. The van der Waals surface area contributed by atoms with E-state index in [-0.39, 0.29) is 5.91 Å². The summed E-state index contributed by atoms with van der Waals surface area (Å²) in [5.41, 5.74) is 3.21. The largest absolute Gasteiger partial charge is 0.468 e. The highest BCUT2D eigenvalue weighted by molar-refractivity contribution is 5.93. The van der Waals surface area contributed by atoms with Crippen molar-refractivity contribution in [3.63, 3.8) is 0 Å². The van der Waals surface area contributed by atoms with Crippen molar-refractivity contribution in [1.82, 2.24) is 9.55 Å². The number of fused-ring (bicyclic) bond motifs is 1. The molecular weight excluding hydrogens is 354 g/mol. The van der Waals surface area contributed by atoms with Gasteiger partial charge in [0, 0.05) is 25.2 Å². The van der Waals surface area contributed by atoms with Gasteiger partial charge in [-0.2, -0.15) is 4.98 Å². The van der Waals surface area contributed by atoms with Gasteiger partial charge in [-0.15, -0.1) is 0 Å². The Morgan fingerprint density at radius 2 is 2.07 bits per heavy atom. The van der Waals surface area contributed by atoms with E-state index < -0.39 is 0 Å². The average Bonchev–Trinajstić information content (AvgIpc) is 3.66. The molecule has 150 valence electrons. The van der Waals surface area contributed by atoms with E-state index in [9.17, 15) is 4.79 Å². The van der Waals surface area contributed by atoms with Crippen molar-refractivity contribution in [2.24, 2.45) is 11.3 Å². The molecule has 0 spiro atoms. The SMILES string of the molecule is COc1nc2ccc(N3CCOCC3)cc2n1C(=O)CCC1(CC2CC2)CC1. The van der Waals surface area contributed by atoms with E-state index in [2.05, 4.69) is 22.0 Å². The van der Waals surface area contributed by atoms with Crippen molar-refractivity contribution < 1.29 is 14.3 Å². The molecule has 6 heteroatoms. The fourth-order valence-corrected chi connectivity index (χ4v) is 4.59. The number of morpholine rings is 1. The minimum Gasteiger partial charge on any atom is -0.468 e. The maximum Gasteiger partial charge on any atom is 0.304 e. The summed E-state index contributed by atoms with van der Waals surface area (Å²) < 4.78 is 12.6. The van der Waals surface area contributed by atoms with Crippen LogP contribution in [0.4, 0.5) is 5.69 Å². The maximum atomic E-state index is 13.2. The van der Waals surface area contributed by atoms with Crippen LogP contribution in [-0.4, -0.2) is 48.9 Å². The molecule has 28 heavy (non-hydrogen) atoms. The van der Waals surface area contributed by atoms with Crippen molar-refractivity contribution in [2.75, 3.05) is 38.3 Å². The number of hydrogen-bond acceptors (Lipinski definition) is 5. The quantitative estimate of drug-likeness (QED) is 0.726. The highest BCUT2D eigenvalue weighted by Crippen LogP contribution is 2.57. The number of carbonyl (C=O) groups is 1. The summed E-state index contributed by atoms with van der Waals surface area (Å²) in [5.74, 6) is 1.03. The first kappa shape index (κ1) is 18.0. The Labute approximate surface area is 165 Å². The summed E-state index contributed by atoms with van der Waals surface area (Å²) in [5, 5.41) is 0. The van der Waals surface area contributed by atoms with Crippen molar-refractivity contribution in [1.29, 1.82) is 0 Å². The fourth-order valence-electron chi connectivity index (χ4n) is 4.59. The lowest BCUT2D eigenvalue weighted by atomic mass is 9.93. The van der Waals surface area contributed by atoms with Crippen LogP contribution in [0.5, 0.6) is 6.01 Å². The minimum absolute atomic E-state index is 0.0977. The van der Waals surface area contributed by atoms with Gasteiger partial charge in [-0.1, -0.05) is 12.8 Å². The first-order chi connectivity index (χ1) is 13.7. The third-order valence-corrected chi connectivity index (χ3v) is 6.66. The minimum atomic E-state index is 0.0977. The van der Waals surface area contributed by atoms with Gasteiger partial charge in [-0.05, 0) is 55.2 Å². The van der Waals surface area contributed by atoms with Crippen LogP contribution in [-0.2, 0) is 4.74 Å². The number of carbonyl (C=O) groups excluding carboxylic acids is 1. The Bertz CT molecular complexity index is 877. The Hall–Kier alpha value is -2.08. The van der Waals surface area contributed by atoms with Gasteiger partial charge in [-0.25, -0.2) is 4.57 Å². The molecule has 0 radical (unpaired) electrons. The van der Waals surface area contributed by atoms with Gasteiger partial charge in [0.1, 0.15) is 0 Å². The lowest BCUT2D eigenvalue weighted by Gasteiger charge is -2.28. The van der Waals surface area contributed by atoms with Gasteiger partial charge < -0.3 is 14.4 Å². The summed E-state index contributed by atoms with van der Waals surface area (Å²) in [6, 6.07) is 6.53. The molecule has 0 bridgehead atoms. The summed E-state index contributed by atoms with van der Waals surface area (Å²) in [6.45, 7) is 3.22. The van der Waals surface area contributed by atoms with Crippen LogP contribution in [0.15, 0.2) is 18.2 Å². The second-order valence-corrected chi connectivity index (χ2v) is 8.75. The van der Waals surface area contributed by atoms with E-state index in [0.717, 1.165) is 55.4 Å². The van der Waals surface area contributed by atoms with Crippen molar-refractivity contribution in [3.05, 3.63) is 18.2 Å². The molecule has 3 fully saturated rings. The lowest BCUT2D eigenvalue weighted by molar-refractivity contribution is 0.0883. The number of benzene rings is 1. The summed E-state index contributed by atoms with van der Waals surface area (Å²) in [4.78, 5) is 20.0. The number of imidazole rings is 1.